The Morgan fingerprint density at radius 2 is 1.83 bits per heavy atom. The van der Waals surface area contributed by atoms with Crippen molar-refractivity contribution in [2.75, 3.05) is 24.3 Å². The minimum absolute atomic E-state index is 0. The highest BCUT2D eigenvalue weighted by atomic mass is 35.5. The van der Waals surface area contributed by atoms with E-state index in [0.717, 1.165) is 16.7 Å². The Kier molecular flexibility index (Phi) is 11.0. The van der Waals surface area contributed by atoms with Crippen molar-refractivity contribution in [1.29, 1.82) is 0 Å². The molecule has 2 heterocycles. The number of carbonyl (C=O) groups excluding carboxylic acids is 1. The van der Waals surface area contributed by atoms with E-state index >= 15 is 0 Å². The van der Waals surface area contributed by atoms with Gasteiger partial charge in [-0.15, -0.1) is 24.8 Å². The highest BCUT2D eigenvalue weighted by Gasteiger charge is 2.14. The molecular formula is C29H28Cl3N5O4. The molecule has 0 bridgehead atoms. The number of aromatic nitrogens is 3. The Balaban J connectivity index is 0.00000231. The van der Waals surface area contributed by atoms with Gasteiger partial charge in [0.15, 0.2) is 5.82 Å². The van der Waals surface area contributed by atoms with Gasteiger partial charge in [0.1, 0.15) is 41.3 Å². The molecule has 0 saturated carbocycles. The van der Waals surface area contributed by atoms with Gasteiger partial charge in [0, 0.05) is 23.6 Å². The molecular weight excluding hydrogens is 589 g/mol. The summed E-state index contributed by atoms with van der Waals surface area (Å²) in [5.41, 5.74) is 9.13. The predicted molar refractivity (Wildman–Crippen MR) is 166 cm³/mol. The molecule has 3 N–H and O–H groups in total. The molecule has 2 aromatic heterocycles. The van der Waals surface area contributed by atoms with Crippen LogP contribution in [0.2, 0.25) is 5.02 Å². The molecule has 0 aliphatic rings. The van der Waals surface area contributed by atoms with Crippen molar-refractivity contribution in [1.82, 2.24) is 14.5 Å². The van der Waals surface area contributed by atoms with Gasteiger partial charge in [0.05, 0.1) is 23.7 Å². The number of nitrogens with zero attached hydrogens (tertiary/aromatic N) is 3. The van der Waals surface area contributed by atoms with Crippen LogP contribution in [-0.4, -0.2) is 33.7 Å². The lowest BCUT2D eigenvalue weighted by Gasteiger charge is -2.14. The van der Waals surface area contributed by atoms with Crippen LogP contribution in [-0.2, 0) is 11.3 Å². The second kappa shape index (κ2) is 14.5. The molecule has 0 fully saturated rings. The van der Waals surface area contributed by atoms with Crippen LogP contribution in [0.1, 0.15) is 17.3 Å². The first kappa shape index (κ1) is 31.3. The lowest BCUT2D eigenvalue weighted by Crippen LogP contribution is -2.12. The second-order valence-electron chi connectivity index (χ2n) is 8.48. The molecule has 9 nitrogen and oxygen atoms in total. The molecule has 0 aliphatic heterocycles. The Morgan fingerprint density at radius 1 is 1.00 bits per heavy atom. The molecule has 5 aromatic rings. The van der Waals surface area contributed by atoms with E-state index in [9.17, 15) is 4.79 Å². The summed E-state index contributed by atoms with van der Waals surface area (Å²) in [5.74, 6) is 1.77. The van der Waals surface area contributed by atoms with Crippen molar-refractivity contribution in [3.63, 3.8) is 0 Å². The van der Waals surface area contributed by atoms with E-state index in [0.29, 0.717) is 59.1 Å². The van der Waals surface area contributed by atoms with Crippen LogP contribution in [0.3, 0.4) is 0 Å². The molecule has 0 aliphatic carbocycles. The van der Waals surface area contributed by atoms with Gasteiger partial charge in [0.25, 0.3) is 0 Å². The molecule has 214 valence electrons. The summed E-state index contributed by atoms with van der Waals surface area (Å²) in [6, 6.07) is 21.5. The third kappa shape index (κ3) is 7.52. The maximum absolute atomic E-state index is 12.2. The largest absolute Gasteiger partial charge is 0.491 e. The average molecular weight is 617 g/mol. The van der Waals surface area contributed by atoms with Gasteiger partial charge in [0.2, 0.25) is 0 Å². The van der Waals surface area contributed by atoms with E-state index in [1.165, 1.54) is 6.33 Å². The predicted octanol–water partition coefficient (Wildman–Crippen LogP) is 7.30. The first-order valence-electron chi connectivity index (χ1n) is 12.3. The fourth-order valence-corrected chi connectivity index (χ4v) is 4.26. The molecule has 0 unspecified atom stereocenters. The van der Waals surface area contributed by atoms with Gasteiger partial charge >= 0.3 is 5.97 Å². The molecule has 12 heteroatoms. The fraction of sp³-hybridized carbons (Fsp3) is 0.138. The third-order valence-corrected chi connectivity index (χ3v) is 6.10. The lowest BCUT2D eigenvalue weighted by atomic mass is 10.2. The van der Waals surface area contributed by atoms with Gasteiger partial charge in [-0.3, -0.25) is 0 Å². The van der Waals surface area contributed by atoms with E-state index in [-0.39, 0.29) is 24.8 Å². The summed E-state index contributed by atoms with van der Waals surface area (Å²) in [6.45, 7) is 2.87. The Morgan fingerprint density at radius 3 is 2.61 bits per heavy atom. The van der Waals surface area contributed by atoms with Crippen molar-refractivity contribution in [2.45, 2.75) is 13.5 Å². The second-order valence-corrected chi connectivity index (χ2v) is 8.88. The van der Waals surface area contributed by atoms with E-state index in [4.69, 9.17) is 31.5 Å². The van der Waals surface area contributed by atoms with E-state index in [2.05, 4.69) is 15.3 Å². The van der Waals surface area contributed by atoms with Crippen molar-refractivity contribution in [2.24, 2.45) is 0 Å². The summed E-state index contributed by atoms with van der Waals surface area (Å²) >= 11 is 6.51. The van der Waals surface area contributed by atoms with Crippen molar-refractivity contribution < 1.29 is 19.0 Å². The number of rotatable bonds is 10. The zero-order valence-corrected chi connectivity index (χ0v) is 24.3. The summed E-state index contributed by atoms with van der Waals surface area (Å²) in [6.07, 6.45) is 3.42. The number of benzene rings is 3. The van der Waals surface area contributed by atoms with Gasteiger partial charge in [-0.2, -0.15) is 0 Å². The van der Waals surface area contributed by atoms with Crippen molar-refractivity contribution in [3.8, 4) is 17.2 Å². The highest BCUT2D eigenvalue weighted by Crippen LogP contribution is 2.34. The zero-order valence-electron chi connectivity index (χ0n) is 22.0. The number of fused-ring (bicyclic) bond motifs is 1. The van der Waals surface area contributed by atoms with Gasteiger partial charge in [-0.1, -0.05) is 29.8 Å². The molecule has 3 aromatic carbocycles. The fourth-order valence-electron chi connectivity index (χ4n) is 4.04. The summed E-state index contributed by atoms with van der Waals surface area (Å²) < 4.78 is 18.9. The monoisotopic (exact) mass is 615 g/mol. The number of carbonyl (C=O) groups is 1. The molecule has 0 saturated heterocycles. The lowest BCUT2D eigenvalue weighted by molar-refractivity contribution is 0.0521. The zero-order chi connectivity index (χ0) is 27.2. The maximum atomic E-state index is 12.2. The van der Waals surface area contributed by atoms with E-state index < -0.39 is 5.97 Å². The van der Waals surface area contributed by atoms with E-state index in [1.807, 2.05) is 41.1 Å². The van der Waals surface area contributed by atoms with Gasteiger partial charge < -0.3 is 29.8 Å². The number of ether oxygens (including phenoxy) is 3. The number of nitrogens with two attached hydrogens (primary N) is 1. The standard InChI is InChI=1S/C29H26ClN5O4.2ClH/c1-2-37-29(36)22-8-3-4-9-25(22)38-15-14-35-13-12-24-27(35)28(33-18-32-24)34-20-10-11-26(23(30)17-20)39-21-7-5-6-19(31)16-21;;/h3-13,16-18H,2,14-15,31H2,1H3,(H,32,33,34);2*1H. The van der Waals surface area contributed by atoms with E-state index in [1.54, 1.807) is 49.4 Å². The van der Waals surface area contributed by atoms with Gasteiger partial charge in [-0.05, 0) is 55.5 Å². The Labute approximate surface area is 254 Å². The molecule has 0 radical (unpaired) electrons. The topological polar surface area (TPSA) is 114 Å². The van der Waals surface area contributed by atoms with Crippen LogP contribution < -0.4 is 20.5 Å². The minimum Gasteiger partial charge on any atom is -0.491 e. The first-order chi connectivity index (χ1) is 19.0. The highest BCUT2D eigenvalue weighted by molar-refractivity contribution is 6.32. The van der Waals surface area contributed by atoms with Crippen LogP contribution in [0.25, 0.3) is 11.0 Å². The molecule has 41 heavy (non-hydrogen) atoms. The quantitative estimate of drug-likeness (QED) is 0.124. The maximum Gasteiger partial charge on any atom is 0.341 e. The van der Waals surface area contributed by atoms with Crippen molar-refractivity contribution in [3.05, 3.63) is 95.9 Å². The third-order valence-electron chi connectivity index (χ3n) is 5.80. The molecule has 0 amide bonds. The average Bonchev–Trinajstić information content (AvgIpc) is 3.35. The smallest absolute Gasteiger partial charge is 0.341 e. The summed E-state index contributed by atoms with van der Waals surface area (Å²) in [4.78, 5) is 21.1. The van der Waals surface area contributed by atoms with Crippen molar-refractivity contribution >= 4 is 70.6 Å². The summed E-state index contributed by atoms with van der Waals surface area (Å²) in [5, 5.41) is 3.75. The van der Waals surface area contributed by atoms with Crippen LogP contribution in [0.5, 0.6) is 17.2 Å². The normalized spacial score (nSPS) is 10.3. The number of anilines is 3. The number of esters is 1. The summed E-state index contributed by atoms with van der Waals surface area (Å²) in [7, 11) is 0. The Bertz CT molecular complexity index is 1630. The Hall–Kier alpha value is -4.18. The molecule has 0 spiro atoms. The molecule has 0 atom stereocenters. The minimum atomic E-state index is -0.414. The number of para-hydroxylation sites is 1. The number of hydrogen-bond acceptors (Lipinski definition) is 8. The van der Waals surface area contributed by atoms with Crippen LogP contribution >= 0.6 is 36.4 Å². The number of nitrogens with one attached hydrogen (secondary N) is 1. The van der Waals surface area contributed by atoms with Crippen LogP contribution in [0.4, 0.5) is 17.2 Å². The van der Waals surface area contributed by atoms with Crippen LogP contribution in [0.15, 0.2) is 85.3 Å². The SMILES string of the molecule is CCOC(=O)c1ccccc1OCCn1ccc2ncnc(Nc3ccc(Oc4cccc(N)c4)c(Cl)c3)c21.Cl.Cl. The van der Waals surface area contributed by atoms with Gasteiger partial charge in [-0.25, -0.2) is 14.8 Å². The number of halogens is 3. The molecule has 5 rings (SSSR count). The van der Waals surface area contributed by atoms with Crippen LogP contribution in [0, 0.1) is 0 Å². The number of nitrogen functional groups attached to an aromatic ring is 1. The number of hydrogen-bond donors (Lipinski definition) is 2. The first-order valence-corrected chi connectivity index (χ1v) is 12.7.